The lowest BCUT2D eigenvalue weighted by atomic mass is 9.98. The number of benzene rings is 2. The average Bonchev–Trinajstić information content (AvgIpc) is 2.45. The molecule has 0 unspecified atom stereocenters. The second-order valence-corrected chi connectivity index (χ2v) is 4.48. The van der Waals surface area contributed by atoms with Gasteiger partial charge in [-0.3, -0.25) is 0 Å². The van der Waals surface area contributed by atoms with E-state index in [0.29, 0.717) is 11.6 Å². The van der Waals surface area contributed by atoms with Crippen molar-refractivity contribution in [1.82, 2.24) is 0 Å². The molecule has 0 saturated carbocycles. The van der Waals surface area contributed by atoms with Crippen LogP contribution < -0.4 is 0 Å². The van der Waals surface area contributed by atoms with Crippen molar-refractivity contribution in [3.63, 3.8) is 0 Å². The average molecular weight is 310 g/mol. The zero-order valence-corrected chi connectivity index (χ0v) is 11.1. The van der Waals surface area contributed by atoms with Crippen LogP contribution >= 0.6 is 0 Å². The number of hydrogen-bond acceptors (Lipinski definition) is 1. The van der Waals surface area contributed by atoms with Crippen LogP contribution in [0, 0.1) is 5.82 Å². The van der Waals surface area contributed by atoms with Crippen molar-refractivity contribution in [2.45, 2.75) is 6.18 Å². The fourth-order valence-corrected chi connectivity index (χ4v) is 1.93. The Kier molecular flexibility index (Phi) is 4.30. The van der Waals surface area contributed by atoms with Crippen LogP contribution in [-0.4, -0.2) is 11.1 Å². The van der Waals surface area contributed by atoms with Gasteiger partial charge in [0.25, 0.3) is 0 Å². The molecule has 0 radical (unpaired) electrons. The Labute approximate surface area is 123 Å². The summed E-state index contributed by atoms with van der Waals surface area (Å²) in [6.07, 6.45) is -3.10. The lowest BCUT2D eigenvalue weighted by Crippen LogP contribution is -2.07. The standard InChI is InChI=1S/C16H10F4O2/c17-13-6-3-10(4-7-13)12-2-1-11(5-8-15(21)22)14(9-12)16(18,19)20/h1-9H,(H,21,22). The highest BCUT2D eigenvalue weighted by atomic mass is 19.4. The van der Waals surface area contributed by atoms with E-state index >= 15 is 0 Å². The third-order valence-electron chi connectivity index (χ3n) is 2.94. The van der Waals surface area contributed by atoms with Gasteiger partial charge in [0.2, 0.25) is 0 Å². The Morgan fingerprint density at radius 2 is 1.59 bits per heavy atom. The molecule has 0 aliphatic heterocycles. The number of halogens is 4. The topological polar surface area (TPSA) is 37.3 Å². The molecule has 0 aliphatic carbocycles. The number of hydrogen-bond donors (Lipinski definition) is 1. The molecular formula is C16H10F4O2. The molecule has 0 aliphatic rings. The molecule has 2 aromatic rings. The maximum atomic E-state index is 13.1. The van der Waals surface area contributed by atoms with Gasteiger partial charge in [0.1, 0.15) is 5.82 Å². The Hall–Kier alpha value is -2.63. The van der Waals surface area contributed by atoms with E-state index in [1.165, 1.54) is 24.3 Å². The molecule has 0 spiro atoms. The Morgan fingerprint density at radius 1 is 1.00 bits per heavy atom. The lowest BCUT2D eigenvalue weighted by molar-refractivity contribution is -0.137. The Bertz CT molecular complexity index is 716. The zero-order chi connectivity index (χ0) is 16.3. The normalized spacial score (nSPS) is 11.8. The molecule has 0 heterocycles. The summed E-state index contributed by atoms with van der Waals surface area (Å²) < 4.78 is 52.1. The fourth-order valence-electron chi connectivity index (χ4n) is 1.93. The molecule has 0 atom stereocenters. The Balaban J connectivity index is 2.52. The molecule has 0 amide bonds. The van der Waals surface area contributed by atoms with Crippen LogP contribution in [0.3, 0.4) is 0 Å². The second-order valence-electron chi connectivity index (χ2n) is 4.48. The summed E-state index contributed by atoms with van der Waals surface area (Å²) in [5.41, 5.74) is -0.506. The van der Waals surface area contributed by atoms with Crippen molar-refractivity contribution >= 4 is 12.0 Å². The monoisotopic (exact) mass is 310 g/mol. The maximum absolute atomic E-state index is 13.1. The molecule has 2 rings (SSSR count). The zero-order valence-electron chi connectivity index (χ0n) is 11.1. The van der Waals surface area contributed by atoms with Crippen molar-refractivity contribution in [2.24, 2.45) is 0 Å². The van der Waals surface area contributed by atoms with Crippen LogP contribution in [0.5, 0.6) is 0 Å². The van der Waals surface area contributed by atoms with Crippen molar-refractivity contribution in [2.75, 3.05) is 0 Å². The maximum Gasteiger partial charge on any atom is 0.417 e. The minimum absolute atomic E-state index is 0.249. The van der Waals surface area contributed by atoms with Gasteiger partial charge in [0, 0.05) is 6.08 Å². The predicted octanol–water partition coefficient (Wildman–Crippen LogP) is 4.61. The molecule has 0 saturated heterocycles. The summed E-state index contributed by atoms with van der Waals surface area (Å²) in [5.74, 6) is -1.82. The molecule has 114 valence electrons. The fraction of sp³-hybridized carbons (Fsp3) is 0.0625. The molecule has 22 heavy (non-hydrogen) atoms. The van der Waals surface area contributed by atoms with Crippen molar-refractivity contribution in [3.05, 3.63) is 65.5 Å². The quantitative estimate of drug-likeness (QED) is 0.664. The van der Waals surface area contributed by atoms with Crippen molar-refractivity contribution < 1.29 is 27.5 Å². The first kappa shape index (κ1) is 15.8. The smallest absolute Gasteiger partial charge is 0.417 e. The molecular weight excluding hydrogens is 300 g/mol. The van der Waals surface area contributed by atoms with E-state index in [0.717, 1.165) is 24.3 Å². The first-order valence-electron chi connectivity index (χ1n) is 6.15. The van der Waals surface area contributed by atoms with Gasteiger partial charge in [0.05, 0.1) is 5.56 Å². The molecule has 6 heteroatoms. The number of carbonyl (C=O) groups is 1. The van der Waals surface area contributed by atoms with Gasteiger partial charge in [-0.2, -0.15) is 13.2 Å². The first-order chi connectivity index (χ1) is 10.3. The van der Waals surface area contributed by atoms with Crippen LogP contribution in [0.25, 0.3) is 17.2 Å². The van der Waals surface area contributed by atoms with E-state index in [2.05, 4.69) is 0 Å². The van der Waals surface area contributed by atoms with Gasteiger partial charge in [0.15, 0.2) is 0 Å². The van der Waals surface area contributed by atoms with Crippen LogP contribution in [0.1, 0.15) is 11.1 Å². The van der Waals surface area contributed by atoms with Gasteiger partial charge in [-0.05, 0) is 41.0 Å². The molecule has 2 aromatic carbocycles. The molecule has 1 N–H and O–H groups in total. The van der Waals surface area contributed by atoms with E-state index in [9.17, 15) is 22.4 Å². The van der Waals surface area contributed by atoms with E-state index in [-0.39, 0.29) is 11.1 Å². The highest BCUT2D eigenvalue weighted by molar-refractivity contribution is 5.86. The van der Waals surface area contributed by atoms with E-state index < -0.39 is 23.5 Å². The Morgan fingerprint density at radius 3 is 2.14 bits per heavy atom. The van der Waals surface area contributed by atoms with Crippen LogP contribution in [0.15, 0.2) is 48.5 Å². The molecule has 2 nitrogen and oxygen atoms in total. The first-order valence-corrected chi connectivity index (χ1v) is 6.15. The van der Waals surface area contributed by atoms with E-state index in [1.54, 1.807) is 0 Å². The lowest BCUT2D eigenvalue weighted by Gasteiger charge is -2.12. The van der Waals surface area contributed by atoms with Crippen molar-refractivity contribution in [1.29, 1.82) is 0 Å². The minimum Gasteiger partial charge on any atom is -0.478 e. The van der Waals surface area contributed by atoms with Crippen molar-refractivity contribution in [3.8, 4) is 11.1 Å². The number of carboxylic acid groups (broad SMARTS) is 1. The van der Waals surface area contributed by atoms with E-state index in [1.807, 2.05) is 0 Å². The molecule has 0 fully saturated rings. The van der Waals surface area contributed by atoms with Crippen LogP contribution in [0.4, 0.5) is 17.6 Å². The number of alkyl halides is 3. The predicted molar refractivity (Wildman–Crippen MR) is 73.5 cm³/mol. The van der Waals surface area contributed by atoms with Gasteiger partial charge in [-0.1, -0.05) is 24.3 Å². The van der Waals surface area contributed by atoms with Gasteiger partial charge in [-0.25, -0.2) is 9.18 Å². The summed E-state index contributed by atoms with van der Waals surface area (Å²) >= 11 is 0. The summed E-state index contributed by atoms with van der Waals surface area (Å²) in [6.45, 7) is 0. The summed E-state index contributed by atoms with van der Waals surface area (Å²) in [7, 11) is 0. The molecule has 0 aromatic heterocycles. The molecule has 0 bridgehead atoms. The number of carboxylic acids is 1. The van der Waals surface area contributed by atoms with E-state index in [4.69, 9.17) is 5.11 Å². The van der Waals surface area contributed by atoms with Gasteiger partial charge in [-0.15, -0.1) is 0 Å². The second kappa shape index (κ2) is 6.01. The van der Waals surface area contributed by atoms with Crippen LogP contribution in [0.2, 0.25) is 0 Å². The number of rotatable bonds is 3. The summed E-state index contributed by atoms with van der Waals surface area (Å²) in [4.78, 5) is 10.5. The third-order valence-corrected chi connectivity index (χ3v) is 2.94. The van der Waals surface area contributed by atoms with Crippen LogP contribution in [-0.2, 0) is 11.0 Å². The minimum atomic E-state index is -4.63. The summed E-state index contributed by atoms with van der Waals surface area (Å²) in [6, 6.07) is 8.57. The SMILES string of the molecule is O=C(O)C=Cc1ccc(-c2ccc(F)cc2)cc1C(F)(F)F. The van der Waals surface area contributed by atoms with Gasteiger partial charge >= 0.3 is 12.1 Å². The third kappa shape index (κ3) is 3.72. The van der Waals surface area contributed by atoms with Gasteiger partial charge < -0.3 is 5.11 Å². The largest absolute Gasteiger partial charge is 0.478 e. The number of aliphatic carboxylic acids is 1. The highest BCUT2D eigenvalue weighted by Crippen LogP contribution is 2.35. The summed E-state index contributed by atoms with van der Waals surface area (Å²) in [5, 5.41) is 8.52. The highest BCUT2D eigenvalue weighted by Gasteiger charge is 2.33.